The number of benzene rings is 1. The Labute approximate surface area is 128 Å². The summed E-state index contributed by atoms with van der Waals surface area (Å²) in [4.78, 5) is 27.4. The third kappa shape index (κ3) is 4.02. The van der Waals surface area contributed by atoms with Crippen molar-refractivity contribution in [3.05, 3.63) is 65.5 Å². The number of pyridine rings is 1. The number of methoxy groups -OCH3 is 1. The van der Waals surface area contributed by atoms with Crippen molar-refractivity contribution in [2.45, 2.75) is 6.92 Å². The van der Waals surface area contributed by atoms with Crippen molar-refractivity contribution in [3.8, 4) is 0 Å². The van der Waals surface area contributed by atoms with Gasteiger partial charge in [-0.15, -0.1) is 0 Å². The molecule has 5 nitrogen and oxygen atoms in total. The molecule has 1 N–H and O–H groups in total. The first-order valence-corrected chi connectivity index (χ1v) is 6.68. The molecule has 0 aliphatic carbocycles. The van der Waals surface area contributed by atoms with Gasteiger partial charge in [-0.3, -0.25) is 9.78 Å². The molecule has 1 amide bonds. The normalized spacial score (nSPS) is 10.5. The second kappa shape index (κ2) is 7.17. The fourth-order valence-corrected chi connectivity index (χ4v) is 1.82. The standard InChI is InChI=1S/C17H16N2O3/c1-12-5-7-14(17(21)22-2)10-15(12)19-16(20)8-6-13-4-3-9-18-11-13/h3-11H,1-2H3,(H,19,20)/b8-6+. The van der Waals surface area contributed by atoms with Crippen LogP contribution in [0.4, 0.5) is 5.69 Å². The van der Waals surface area contributed by atoms with E-state index in [1.54, 1.807) is 42.7 Å². The van der Waals surface area contributed by atoms with Crippen LogP contribution in [-0.4, -0.2) is 24.0 Å². The molecule has 0 aliphatic heterocycles. The van der Waals surface area contributed by atoms with E-state index in [0.29, 0.717) is 11.3 Å². The maximum atomic E-state index is 12.0. The lowest BCUT2D eigenvalue weighted by Gasteiger charge is -2.08. The van der Waals surface area contributed by atoms with Gasteiger partial charge in [0.15, 0.2) is 0 Å². The van der Waals surface area contributed by atoms with E-state index in [1.165, 1.54) is 13.2 Å². The second-order valence-electron chi connectivity index (χ2n) is 4.63. The predicted octanol–water partition coefficient (Wildman–Crippen LogP) is 2.83. The van der Waals surface area contributed by atoms with Crippen LogP contribution in [0.3, 0.4) is 0 Å². The molecule has 2 rings (SSSR count). The second-order valence-corrected chi connectivity index (χ2v) is 4.63. The SMILES string of the molecule is COC(=O)c1ccc(C)c(NC(=O)/C=C/c2cccnc2)c1. The van der Waals surface area contributed by atoms with Crippen LogP contribution < -0.4 is 5.32 Å². The molecule has 0 atom stereocenters. The molecular formula is C17H16N2O3. The van der Waals surface area contributed by atoms with E-state index in [0.717, 1.165) is 11.1 Å². The number of carbonyl (C=O) groups is 2. The molecular weight excluding hydrogens is 280 g/mol. The van der Waals surface area contributed by atoms with E-state index < -0.39 is 5.97 Å². The number of esters is 1. The molecule has 0 saturated heterocycles. The van der Waals surface area contributed by atoms with Crippen molar-refractivity contribution in [3.63, 3.8) is 0 Å². The van der Waals surface area contributed by atoms with Crippen molar-refractivity contribution in [1.29, 1.82) is 0 Å². The van der Waals surface area contributed by atoms with Gasteiger partial charge in [-0.05, 0) is 42.3 Å². The van der Waals surface area contributed by atoms with Crippen molar-refractivity contribution >= 4 is 23.6 Å². The quantitative estimate of drug-likeness (QED) is 0.696. The smallest absolute Gasteiger partial charge is 0.337 e. The molecule has 22 heavy (non-hydrogen) atoms. The number of hydrogen-bond acceptors (Lipinski definition) is 4. The molecule has 0 bridgehead atoms. The number of amides is 1. The molecule has 0 unspecified atom stereocenters. The fraction of sp³-hybridized carbons (Fsp3) is 0.118. The number of aromatic nitrogens is 1. The lowest BCUT2D eigenvalue weighted by atomic mass is 10.1. The van der Waals surface area contributed by atoms with Gasteiger partial charge in [-0.1, -0.05) is 12.1 Å². The van der Waals surface area contributed by atoms with Gasteiger partial charge in [0.25, 0.3) is 0 Å². The zero-order chi connectivity index (χ0) is 15.9. The van der Waals surface area contributed by atoms with E-state index in [1.807, 2.05) is 13.0 Å². The molecule has 0 spiro atoms. The molecule has 2 aromatic rings. The molecule has 1 aromatic carbocycles. The maximum Gasteiger partial charge on any atom is 0.337 e. The number of carbonyl (C=O) groups excluding carboxylic acids is 2. The van der Waals surface area contributed by atoms with Gasteiger partial charge in [0.2, 0.25) is 5.91 Å². The Morgan fingerprint density at radius 3 is 2.77 bits per heavy atom. The maximum absolute atomic E-state index is 12.0. The summed E-state index contributed by atoms with van der Waals surface area (Å²) in [7, 11) is 1.32. The van der Waals surface area contributed by atoms with Crippen molar-refractivity contribution in [1.82, 2.24) is 4.98 Å². The van der Waals surface area contributed by atoms with Crippen LogP contribution in [0.1, 0.15) is 21.5 Å². The van der Waals surface area contributed by atoms with Gasteiger partial charge >= 0.3 is 5.97 Å². The summed E-state index contributed by atoms with van der Waals surface area (Å²) >= 11 is 0. The third-order valence-corrected chi connectivity index (χ3v) is 3.03. The van der Waals surface area contributed by atoms with Crippen LogP contribution in [0.5, 0.6) is 0 Å². The van der Waals surface area contributed by atoms with Gasteiger partial charge in [-0.2, -0.15) is 0 Å². The Bertz CT molecular complexity index is 709. The average Bonchev–Trinajstić information content (AvgIpc) is 2.55. The van der Waals surface area contributed by atoms with E-state index >= 15 is 0 Å². The van der Waals surface area contributed by atoms with E-state index in [9.17, 15) is 9.59 Å². The highest BCUT2D eigenvalue weighted by molar-refractivity contribution is 6.03. The zero-order valence-electron chi connectivity index (χ0n) is 12.4. The lowest BCUT2D eigenvalue weighted by molar-refractivity contribution is -0.111. The Balaban J connectivity index is 2.11. The first-order valence-electron chi connectivity index (χ1n) is 6.68. The molecule has 1 aromatic heterocycles. The van der Waals surface area contributed by atoms with E-state index in [-0.39, 0.29) is 5.91 Å². The Kier molecular flexibility index (Phi) is 5.03. The third-order valence-electron chi connectivity index (χ3n) is 3.03. The highest BCUT2D eigenvalue weighted by Crippen LogP contribution is 2.17. The zero-order valence-corrected chi connectivity index (χ0v) is 12.4. The first kappa shape index (κ1) is 15.4. The van der Waals surface area contributed by atoms with Crippen LogP contribution in [0, 0.1) is 6.92 Å². The van der Waals surface area contributed by atoms with E-state index in [2.05, 4.69) is 15.0 Å². The number of ether oxygens (including phenoxy) is 1. The number of nitrogens with zero attached hydrogens (tertiary/aromatic N) is 1. The summed E-state index contributed by atoms with van der Waals surface area (Å²) in [6, 6.07) is 8.65. The van der Waals surface area contributed by atoms with Crippen LogP contribution in [0.25, 0.3) is 6.08 Å². The summed E-state index contributed by atoms with van der Waals surface area (Å²) in [6.07, 6.45) is 6.41. The molecule has 112 valence electrons. The number of nitrogens with one attached hydrogen (secondary N) is 1. The van der Waals surface area contributed by atoms with Gasteiger partial charge in [-0.25, -0.2) is 4.79 Å². The summed E-state index contributed by atoms with van der Waals surface area (Å²) in [5, 5.41) is 2.75. The minimum absolute atomic E-state index is 0.283. The van der Waals surface area contributed by atoms with Crippen LogP contribution in [0.2, 0.25) is 0 Å². The van der Waals surface area contributed by atoms with Gasteiger partial charge < -0.3 is 10.1 Å². The van der Waals surface area contributed by atoms with Crippen molar-refractivity contribution < 1.29 is 14.3 Å². The summed E-state index contributed by atoms with van der Waals surface area (Å²) < 4.78 is 4.67. The van der Waals surface area contributed by atoms with Crippen molar-refractivity contribution in [2.24, 2.45) is 0 Å². The topological polar surface area (TPSA) is 68.3 Å². The number of anilines is 1. The van der Waals surface area contributed by atoms with E-state index in [4.69, 9.17) is 0 Å². The highest BCUT2D eigenvalue weighted by Gasteiger charge is 2.09. The molecule has 0 saturated carbocycles. The van der Waals surface area contributed by atoms with Crippen LogP contribution in [0.15, 0.2) is 48.8 Å². The molecule has 5 heteroatoms. The first-order chi connectivity index (χ1) is 10.6. The number of hydrogen-bond donors (Lipinski definition) is 1. The van der Waals surface area contributed by atoms with Gasteiger partial charge in [0.05, 0.1) is 12.7 Å². The van der Waals surface area contributed by atoms with Crippen LogP contribution >= 0.6 is 0 Å². The molecule has 0 aliphatic rings. The lowest BCUT2D eigenvalue weighted by Crippen LogP contribution is -2.10. The van der Waals surface area contributed by atoms with Gasteiger partial charge in [0, 0.05) is 24.2 Å². The number of rotatable bonds is 4. The highest BCUT2D eigenvalue weighted by atomic mass is 16.5. The van der Waals surface area contributed by atoms with Crippen LogP contribution in [-0.2, 0) is 9.53 Å². The summed E-state index contributed by atoms with van der Waals surface area (Å²) in [5.41, 5.74) is 2.65. The van der Waals surface area contributed by atoms with Crippen molar-refractivity contribution in [2.75, 3.05) is 12.4 Å². The molecule has 1 heterocycles. The Morgan fingerprint density at radius 1 is 1.27 bits per heavy atom. The fourth-order valence-electron chi connectivity index (χ4n) is 1.82. The Morgan fingerprint density at radius 2 is 2.09 bits per heavy atom. The minimum Gasteiger partial charge on any atom is -0.465 e. The Hall–Kier alpha value is -2.95. The average molecular weight is 296 g/mol. The molecule has 0 radical (unpaired) electrons. The monoisotopic (exact) mass is 296 g/mol. The predicted molar refractivity (Wildman–Crippen MR) is 84.4 cm³/mol. The summed E-state index contributed by atoms with van der Waals surface area (Å²) in [6.45, 7) is 1.85. The largest absolute Gasteiger partial charge is 0.465 e. The van der Waals surface area contributed by atoms with Gasteiger partial charge in [0.1, 0.15) is 0 Å². The summed E-state index contributed by atoms with van der Waals surface area (Å²) in [5.74, 6) is -0.727. The minimum atomic E-state index is -0.443. The molecule has 0 fully saturated rings. The number of aryl methyl sites for hydroxylation is 1.